The molecule has 1 atom stereocenters. The van der Waals surface area contributed by atoms with Crippen LogP contribution in [0.25, 0.3) is 0 Å². The molecule has 1 aliphatic rings. The molecule has 0 unspecified atom stereocenters. The van der Waals surface area contributed by atoms with Crippen molar-refractivity contribution in [2.75, 3.05) is 13.3 Å². The molecule has 0 saturated carbocycles. The van der Waals surface area contributed by atoms with Crippen LogP contribution in [-0.2, 0) is 0 Å². The van der Waals surface area contributed by atoms with E-state index in [2.05, 4.69) is 5.32 Å². The summed E-state index contributed by atoms with van der Waals surface area (Å²) >= 11 is 0. The van der Waals surface area contributed by atoms with Crippen molar-refractivity contribution in [3.05, 3.63) is 47.9 Å². The fourth-order valence-electron chi connectivity index (χ4n) is 2.10. The first-order valence-corrected chi connectivity index (χ1v) is 6.63. The van der Waals surface area contributed by atoms with E-state index in [-0.39, 0.29) is 18.5 Å². The fourth-order valence-corrected chi connectivity index (χ4v) is 2.10. The first-order valence-electron chi connectivity index (χ1n) is 6.63. The number of hydrogen-bond acceptors (Lipinski definition) is 5. The molecule has 6 heteroatoms. The number of furan rings is 1. The molecule has 0 radical (unpaired) electrons. The molecule has 1 amide bonds. The number of amides is 1. The van der Waals surface area contributed by atoms with Crippen molar-refractivity contribution in [3.63, 3.8) is 0 Å². The second-order valence-corrected chi connectivity index (χ2v) is 4.65. The molecule has 0 bridgehead atoms. The Morgan fingerprint density at radius 3 is 2.95 bits per heavy atom. The van der Waals surface area contributed by atoms with E-state index < -0.39 is 6.10 Å². The quantitative estimate of drug-likeness (QED) is 0.878. The number of carbonyl (C=O) groups excluding carboxylic acids is 1. The Morgan fingerprint density at radius 1 is 1.29 bits per heavy atom. The molecule has 2 N–H and O–H groups in total. The van der Waals surface area contributed by atoms with Gasteiger partial charge in [0.25, 0.3) is 5.91 Å². The van der Waals surface area contributed by atoms with Crippen LogP contribution in [0.3, 0.4) is 0 Å². The van der Waals surface area contributed by atoms with Crippen LogP contribution in [0.5, 0.6) is 11.5 Å². The predicted molar refractivity (Wildman–Crippen MR) is 73.2 cm³/mol. The minimum Gasteiger partial charge on any atom is -0.459 e. The van der Waals surface area contributed by atoms with Gasteiger partial charge in [0, 0.05) is 6.54 Å². The normalized spacial score (nSPS) is 14.0. The topological polar surface area (TPSA) is 80.9 Å². The Hall–Kier alpha value is -2.47. The maximum Gasteiger partial charge on any atom is 0.286 e. The van der Waals surface area contributed by atoms with Gasteiger partial charge in [-0.1, -0.05) is 6.07 Å². The highest BCUT2D eigenvalue weighted by Gasteiger charge is 2.17. The highest BCUT2D eigenvalue weighted by molar-refractivity contribution is 5.91. The van der Waals surface area contributed by atoms with Crippen LogP contribution in [-0.4, -0.2) is 24.4 Å². The maximum absolute atomic E-state index is 11.7. The number of nitrogens with one attached hydrogen (secondary N) is 1. The Bertz CT molecular complexity index is 623. The van der Waals surface area contributed by atoms with Gasteiger partial charge in [0.15, 0.2) is 17.3 Å². The van der Waals surface area contributed by atoms with Gasteiger partial charge in [0.1, 0.15) is 0 Å². The number of aliphatic hydroxyl groups excluding tert-OH is 1. The lowest BCUT2D eigenvalue weighted by atomic mass is 10.1. The van der Waals surface area contributed by atoms with E-state index in [1.807, 2.05) is 0 Å². The number of benzene rings is 1. The van der Waals surface area contributed by atoms with Crippen LogP contribution >= 0.6 is 0 Å². The van der Waals surface area contributed by atoms with E-state index in [1.165, 1.54) is 6.26 Å². The van der Waals surface area contributed by atoms with E-state index in [0.717, 1.165) is 5.56 Å². The molecule has 0 fully saturated rings. The summed E-state index contributed by atoms with van der Waals surface area (Å²) < 4.78 is 15.5. The molecule has 3 rings (SSSR count). The summed E-state index contributed by atoms with van der Waals surface area (Å²) in [6, 6.07) is 8.54. The number of hydrogen-bond donors (Lipinski definition) is 2. The summed E-state index contributed by atoms with van der Waals surface area (Å²) in [5.41, 5.74) is 0.728. The molecule has 1 aromatic heterocycles. The van der Waals surface area contributed by atoms with Crippen LogP contribution < -0.4 is 14.8 Å². The van der Waals surface area contributed by atoms with E-state index in [1.54, 1.807) is 30.3 Å². The largest absolute Gasteiger partial charge is 0.459 e. The third-order valence-corrected chi connectivity index (χ3v) is 3.23. The van der Waals surface area contributed by atoms with Gasteiger partial charge in [0.2, 0.25) is 6.79 Å². The zero-order valence-electron chi connectivity index (χ0n) is 11.2. The van der Waals surface area contributed by atoms with Gasteiger partial charge >= 0.3 is 0 Å². The van der Waals surface area contributed by atoms with E-state index >= 15 is 0 Å². The highest BCUT2D eigenvalue weighted by atomic mass is 16.7. The van der Waals surface area contributed by atoms with Crippen LogP contribution in [0.4, 0.5) is 0 Å². The zero-order valence-corrected chi connectivity index (χ0v) is 11.2. The third kappa shape index (κ3) is 3.00. The summed E-state index contributed by atoms with van der Waals surface area (Å²) in [6.45, 7) is 0.545. The van der Waals surface area contributed by atoms with E-state index in [9.17, 15) is 9.90 Å². The molecular weight excluding hydrogens is 274 g/mol. The van der Waals surface area contributed by atoms with Crippen molar-refractivity contribution < 1.29 is 23.8 Å². The van der Waals surface area contributed by atoms with Crippen molar-refractivity contribution in [1.82, 2.24) is 5.32 Å². The summed E-state index contributed by atoms with van der Waals surface area (Å²) in [4.78, 5) is 11.7. The van der Waals surface area contributed by atoms with Crippen molar-refractivity contribution >= 4 is 5.91 Å². The molecule has 0 saturated heterocycles. The van der Waals surface area contributed by atoms with Crippen molar-refractivity contribution in [3.8, 4) is 11.5 Å². The number of ether oxygens (including phenoxy) is 2. The van der Waals surface area contributed by atoms with Crippen LogP contribution in [0.1, 0.15) is 28.6 Å². The molecule has 6 nitrogen and oxygen atoms in total. The van der Waals surface area contributed by atoms with Crippen molar-refractivity contribution in [2.24, 2.45) is 0 Å². The van der Waals surface area contributed by atoms with Crippen LogP contribution in [0, 0.1) is 0 Å². The molecule has 2 heterocycles. The van der Waals surface area contributed by atoms with Crippen LogP contribution in [0.15, 0.2) is 41.0 Å². The average molecular weight is 289 g/mol. The predicted octanol–water partition coefficient (Wildman–Crippen LogP) is 1.86. The number of aliphatic hydroxyl groups is 1. The van der Waals surface area contributed by atoms with E-state index in [0.29, 0.717) is 24.5 Å². The fraction of sp³-hybridized carbons (Fsp3) is 0.267. The summed E-state index contributed by atoms with van der Waals surface area (Å²) in [5, 5.41) is 12.8. The summed E-state index contributed by atoms with van der Waals surface area (Å²) in [5.74, 6) is 1.27. The number of carbonyl (C=O) groups is 1. The smallest absolute Gasteiger partial charge is 0.286 e. The van der Waals surface area contributed by atoms with Gasteiger partial charge in [0.05, 0.1) is 12.4 Å². The molecule has 1 aliphatic heterocycles. The molecule has 0 spiro atoms. The minimum absolute atomic E-state index is 0.202. The van der Waals surface area contributed by atoms with Gasteiger partial charge in [-0.05, 0) is 36.2 Å². The summed E-state index contributed by atoms with van der Waals surface area (Å²) in [6.07, 6.45) is 1.15. The molecule has 1 aromatic carbocycles. The SMILES string of the molecule is O=C(NCC[C@H](O)c1ccc2c(c1)OCO2)c1ccco1. The first-order chi connectivity index (χ1) is 10.2. The monoisotopic (exact) mass is 289 g/mol. The molecule has 0 aliphatic carbocycles. The van der Waals surface area contributed by atoms with Gasteiger partial charge in [-0.2, -0.15) is 0 Å². The minimum atomic E-state index is -0.684. The standard InChI is InChI=1S/C15H15NO5/c17-11(5-6-16-15(18)13-2-1-7-19-13)10-3-4-12-14(8-10)21-9-20-12/h1-4,7-8,11,17H,5-6,9H2,(H,16,18)/t11-/m0/s1. The van der Waals surface area contributed by atoms with Gasteiger partial charge in [-0.3, -0.25) is 4.79 Å². The Labute approximate surface area is 121 Å². The lowest BCUT2D eigenvalue weighted by Gasteiger charge is -2.12. The summed E-state index contributed by atoms with van der Waals surface area (Å²) in [7, 11) is 0. The maximum atomic E-state index is 11.7. The highest BCUT2D eigenvalue weighted by Crippen LogP contribution is 2.34. The second kappa shape index (κ2) is 5.88. The second-order valence-electron chi connectivity index (χ2n) is 4.65. The third-order valence-electron chi connectivity index (χ3n) is 3.23. The van der Waals surface area contributed by atoms with E-state index in [4.69, 9.17) is 13.9 Å². The van der Waals surface area contributed by atoms with Gasteiger partial charge in [-0.25, -0.2) is 0 Å². The molecular formula is C15H15NO5. The van der Waals surface area contributed by atoms with Crippen LogP contribution in [0.2, 0.25) is 0 Å². The number of fused-ring (bicyclic) bond motifs is 1. The lowest BCUT2D eigenvalue weighted by molar-refractivity contribution is 0.0915. The van der Waals surface area contributed by atoms with Gasteiger partial charge in [-0.15, -0.1) is 0 Å². The first kappa shape index (κ1) is 13.5. The Balaban J connectivity index is 1.52. The molecule has 110 valence electrons. The molecule has 2 aromatic rings. The average Bonchev–Trinajstić information content (AvgIpc) is 3.17. The lowest BCUT2D eigenvalue weighted by Crippen LogP contribution is -2.25. The Kier molecular flexibility index (Phi) is 3.79. The van der Waals surface area contributed by atoms with Crippen molar-refractivity contribution in [2.45, 2.75) is 12.5 Å². The Morgan fingerprint density at radius 2 is 2.14 bits per heavy atom. The van der Waals surface area contributed by atoms with Crippen molar-refractivity contribution in [1.29, 1.82) is 0 Å². The van der Waals surface area contributed by atoms with Gasteiger partial charge < -0.3 is 24.3 Å². The zero-order chi connectivity index (χ0) is 14.7. The molecule has 21 heavy (non-hydrogen) atoms. The number of rotatable bonds is 5.